The van der Waals surface area contributed by atoms with E-state index in [4.69, 9.17) is 15.3 Å². The van der Waals surface area contributed by atoms with Crippen LogP contribution in [0.25, 0.3) is 0 Å². The van der Waals surface area contributed by atoms with Crippen LogP contribution in [0.15, 0.2) is 33.8 Å². The number of carbonyl (C=O) groups is 1. The molecule has 1 amide bonds. The molecule has 3 rings (SSSR count). The maximum atomic E-state index is 12.0. The minimum absolute atomic E-state index is 0.114. The normalized spacial score (nSPS) is 10.9. The van der Waals surface area contributed by atoms with E-state index in [0.29, 0.717) is 21.8 Å². The minimum Gasteiger partial charge on any atom is -0.493 e. The number of methoxy groups -OCH3 is 2. The van der Waals surface area contributed by atoms with Crippen molar-refractivity contribution in [2.24, 2.45) is 5.10 Å². The lowest BCUT2D eigenvalue weighted by atomic mass is 10.2. The molecule has 13 heteroatoms. The van der Waals surface area contributed by atoms with Gasteiger partial charge in [-0.05, 0) is 30.7 Å². The van der Waals surface area contributed by atoms with Crippen LogP contribution in [0.2, 0.25) is 0 Å². The molecule has 0 aliphatic rings. The summed E-state index contributed by atoms with van der Waals surface area (Å²) in [4.78, 5) is 16.2. The van der Waals surface area contributed by atoms with Crippen LogP contribution in [0.3, 0.4) is 0 Å². The van der Waals surface area contributed by atoms with E-state index in [1.54, 1.807) is 32.6 Å². The van der Waals surface area contributed by atoms with Crippen LogP contribution in [-0.4, -0.2) is 52.0 Å². The number of nitrogen functional groups attached to an aromatic ring is 1. The van der Waals surface area contributed by atoms with Crippen LogP contribution in [0.1, 0.15) is 11.3 Å². The molecule has 2 aromatic heterocycles. The largest absolute Gasteiger partial charge is 0.493 e. The summed E-state index contributed by atoms with van der Waals surface area (Å²) < 4.78 is 11.7. The summed E-state index contributed by atoms with van der Waals surface area (Å²) in [6, 6.07) is 5.38. The average molecular weight is 449 g/mol. The number of aromatic nitrogens is 4. The third-order valence-corrected chi connectivity index (χ3v) is 5.47. The van der Waals surface area contributed by atoms with Crippen molar-refractivity contribution in [1.29, 1.82) is 0 Å². The van der Waals surface area contributed by atoms with Gasteiger partial charge in [-0.25, -0.2) is 15.1 Å². The highest BCUT2D eigenvalue weighted by molar-refractivity contribution is 7.99. The molecule has 0 atom stereocenters. The number of thiazole rings is 1. The molecule has 30 heavy (non-hydrogen) atoms. The molecule has 0 saturated carbocycles. The van der Waals surface area contributed by atoms with E-state index in [-0.39, 0.29) is 17.6 Å². The fourth-order valence-electron chi connectivity index (χ4n) is 2.25. The third kappa shape index (κ3) is 5.39. The SMILES string of the molecule is COc1ccc(/C=N/Nc2nnc(SCC(=O)Nc3nc(C)cs3)n2N)cc1OC. The number of benzene rings is 1. The van der Waals surface area contributed by atoms with E-state index < -0.39 is 0 Å². The summed E-state index contributed by atoms with van der Waals surface area (Å²) in [5.74, 6) is 7.31. The number of nitrogens with one attached hydrogen (secondary N) is 2. The van der Waals surface area contributed by atoms with Crippen molar-refractivity contribution in [2.75, 3.05) is 36.6 Å². The van der Waals surface area contributed by atoms with Gasteiger partial charge in [0.2, 0.25) is 11.1 Å². The van der Waals surface area contributed by atoms with E-state index in [0.717, 1.165) is 23.0 Å². The number of hydrazone groups is 1. The van der Waals surface area contributed by atoms with E-state index in [1.807, 2.05) is 18.4 Å². The zero-order valence-corrected chi connectivity index (χ0v) is 18.1. The standard InChI is InChI=1S/C17H20N8O3S2/c1-10-8-29-16(20-10)21-14(26)9-30-17-24-23-15(25(17)18)22-19-7-11-4-5-12(27-2)13(6-11)28-3/h4-8H,9,18H2,1-3H3,(H,22,23)(H,20,21,26)/b19-7+. The van der Waals surface area contributed by atoms with Crippen LogP contribution in [0.5, 0.6) is 11.5 Å². The highest BCUT2D eigenvalue weighted by atomic mass is 32.2. The molecule has 0 bridgehead atoms. The second-order valence-corrected chi connectivity index (χ2v) is 7.59. The molecule has 158 valence electrons. The first-order valence-electron chi connectivity index (χ1n) is 8.56. The predicted octanol–water partition coefficient (Wildman–Crippen LogP) is 1.95. The Kier molecular flexibility index (Phi) is 7.08. The molecular weight excluding hydrogens is 428 g/mol. The maximum absolute atomic E-state index is 12.0. The lowest BCUT2D eigenvalue weighted by Gasteiger charge is -2.07. The zero-order chi connectivity index (χ0) is 21.5. The predicted molar refractivity (Wildman–Crippen MR) is 117 cm³/mol. The van der Waals surface area contributed by atoms with E-state index in [1.165, 1.54) is 16.0 Å². The zero-order valence-electron chi connectivity index (χ0n) is 16.4. The molecule has 3 aromatic rings. The number of aryl methyl sites for hydroxylation is 1. The van der Waals surface area contributed by atoms with Gasteiger partial charge in [-0.2, -0.15) is 5.10 Å². The summed E-state index contributed by atoms with van der Waals surface area (Å²) in [5.41, 5.74) is 4.36. The van der Waals surface area contributed by atoms with Crippen molar-refractivity contribution >= 4 is 46.3 Å². The Morgan fingerprint density at radius 3 is 2.83 bits per heavy atom. The monoisotopic (exact) mass is 448 g/mol. The molecule has 0 fully saturated rings. The number of amides is 1. The van der Waals surface area contributed by atoms with Gasteiger partial charge in [-0.15, -0.1) is 21.5 Å². The Labute approximate surface area is 180 Å². The molecular formula is C17H20N8O3S2. The number of anilines is 2. The van der Waals surface area contributed by atoms with Crippen LogP contribution in [0, 0.1) is 6.92 Å². The summed E-state index contributed by atoms with van der Waals surface area (Å²) >= 11 is 2.52. The van der Waals surface area contributed by atoms with Crippen LogP contribution >= 0.6 is 23.1 Å². The highest BCUT2D eigenvalue weighted by Crippen LogP contribution is 2.27. The highest BCUT2D eigenvalue weighted by Gasteiger charge is 2.13. The van der Waals surface area contributed by atoms with Crippen LogP contribution in [0.4, 0.5) is 11.1 Å². The second-order valence-electron chi connectivity index (χ2n) is 5.79. The fourth-order valence-corrected chi connectivity index (χ4v) is 3.61. The third-order valence-electron chi connectivity index (χ3n) is 3.65. The number of nitrogens with two attached hydrogens (primary N) is 1. The molecule has 1 aromatic carbocycles. The quantitative estimate of drug-likeness (QED) is 0.194. The minimum atomic E-state index is -0.210. The maximum Gasteiger partial charge on any atom is 0.264 e. The van der Waals surface area contributed by atoms with Gasteiger partial charge in [0.1, 0.15) is 0 Å². The number of carbonyl (C=O) groups excluding carboxylic acids is 1. The molecule has 4 N–H and O–H groups in total. The van der Waals surface area contributed by atoms with Crippen molar-refractivity contribution in [3.63, 3.8) is 0 Å². The van der Waals surface area contributed by atoms with E-state index in [9.17, 15) is 4.79 Å². The van der Waals surface area contributed by atoms with Gasteiger partial charge in [-0.1, -0.05) is 11.8 Å². The van der Waals surface area contributed by atoms with Gasteiger partial charge in [0.25, 0.3) is 5.95 Å². The number of hydrogen-bond donors (Lipinski definition) is 3. The van der Waals surface area contributed by atoms with Gasteiger partial charge < -0.3 is 20.6 Å². The number of rotatable bonds is 9. The van der Waals surface area contributed by atoms with Crippen molar-refractivity contribution < 1.29 is 14.3 Å². The summed E-state index contributed by atoms with van der Waals surface area (Å²) in [6.07, 6.45) is 1.58. The number of thioether (sulfide) groups is 1. The van der Waals surface area contributed by atoms with Gasteiger partial charge in [0.15, 0.2) is 16.6 Å². The van der Waals surface area contributed by atoms with Crippen LogP contribution in [-0.2, 0) is 4.79 Å². The lowest BCUT2D eigenvalue weighted by molar-refractivity contribution is -0.113. The Hall–Kier alpha value is -3.32. The molecule has 11 nitrogen and oxygen atoms in total. The molecule has 0 saturated heterocycles. The smallest absolute Gasteiger partial charge is 0.264 e. The summed E-state index contributed by atoms with van der Waals surface area (Å²) in [5, 5.41) is 17.5. The average Bonchev–Trinajstić information content (AvgIpc) is 3.31. The first-order valence-corrected chi connectivity index (χ1v) is 10.4. The lowest BCUT2D eigenvalue weighted by Crippen LogP contribution is -2.16. The Morgan fingerprint density at radius 2 is 2.13 bits per heavy atom. The van der Waals surface area contributed by atoms with Gasteiger partial charge in [0, 0.05) is 5.38 Å². The summed E-state index contributed by atoms with van der Waals surface area (Å²) in [7, 11) is 3.13. The van der Waals surface area contributed by atoms with Crippen molar-refractivity contribution in [3.8, 4) is 11.5 Å². The van der Waals surface area contributed by atoms with Crippen LogP contribution < -0.4 is 26.1 Å². The topological polar surface area (TPSA) is 142 Å². The molecule has 0 aliphatic heterocycles. The van der Waals surface area contributed by atoms with E-state index in [2.05, 4.69) is 31.0 Å². The first kappa shape index (κ1) is 21.4. The van der Waals surface area contributed by atoms with Crippen molar-refractivity contribution in [1.82, 2.24) is 19.9 Å². The first-order chi connectivity index (χ1) is 14.5. The molecule has 0 unspecified atom stereocenters. The van der Waals surface area contributed by atoms with E-state index >= 15 is 0 Å². The van der Waals surface area contributed by atoms with Gasteiger partial charge in [-0.3, -0.25) is 4.79 Å². The Bertz CT molecular complexity index is 1050. The van der Waals surface area contributed by atoms with Crippen molar-refractivity contribution in [3.05, 3.63) is 34.8 Å². The van der Waals surface area contributed by atoms with Gasteiger partial charge in [0.05, 0.1) is 31.9 Å². The number of nitrogens with zero attached hydrogens (tertiary/aromatic N) is 5. The molecule has 2 heterocycles. The van der Waals surface area contributed by atoms with Crippen molar-refractivity contribution in [2.45, 2.75) is 12.1 Å². The fraction of sp³-hybridized carbons (Fsp3) is 0.235. The Morgan fingerprint density at radius 1 is 1.33 bits per heavy atom. The molecule has 0 spiro atoms. The molecule has 0 radical (unpaired) electrons. The number of ether oxygens (including phenoxy) is 2. The molecule has 0 aliphatic carbocycles. The van der Waals surface area contributed by atoms with Gasteiger partial charge >= 0.3 is 0 Å². The second kappa shape index (κ2) is 9.93. The Balaban J connectivity index is 1.54. The summed E-state index contributed by atoms with van der Waals surface area (Å²) in [6.45, 7) is 1.86. The number of hydrogen-bond acceptors (Lipinski definition) is 11.